The van der Waals surface area contributed by atoms with E-state index in [0.29, 0.717) is 42.1 Å². The van der Waals surface area contributed by atoms with Gasteiger partial charge in [-0.15, -0.1) is 0 Å². The summed E-state index contributed by atoms with van der Waals surface area (Å²) in [5.74, 6) is -0.470. The summed E-state index contributed by atoms with van der Waals surface area (Å²) in [6, 6.07) is 8.76. The predicted molar refractivity (Wildman–Crippen MR) is 111 cm³/mol. The number of pyridine rings is 2. The van der Waals surface area contributed by atoms with E-state index >= 15 is 0 Å². The molecule has 2 aromatic heterocycles. The van der Waals surface area contributed by atoms with E-state index in [1.807, 2.05) is 20.8 Å². The highest BCUT2D eigenvalue weighted by Gasteiger charge is 2.31. The van der Waals surface area contributed by atoms with Crippen LogP contribution < -0.4 is 5.32 Å². The molecule has 0 aliphatic carbocycles. The highest BCUT2D eigenvalue weighted by Crippen LogP contribution is 2.23. The van der Waals surface area contributed by atoms with Gasteiger partial charge in [0.1, 0.15) is 5.60 Å². The average molecular weight is 407 g/mol. The van der Waals surface area contributed by atoms with Crippen LogP contribution in [-0.2, 0) is 9.53 Å². The number of nitrogens with zero attached hydrogens (tertiary/aromatic N) is 4. The topological polar surface area (TPSA) is 108 Å². The van der Waals surface area contributed by atoms with E-state index in [0.717, 1.165) is 6.42 Å². The molecule has 0 saturated carbocycles. The lowest BCUT2D eigenvalue weighted by atomic mass is 9.97. The number of hydrogen-bond acceptors (Lipinski definition) is 6. The molecule has 1 aliphatic heterocycles. The van der Waals surface area contributed by atoms with Gasteiger partial charge in [0, 0.05) is 31.2 Å². The molecule has 156 valence electrons. The number of amides is 2. The lowest BCUT2D eigenvalue weighted by molar-refractivity contribution is -0.121. The van der Waals surface area contributed by atoms with E-state index in [1.165, 1.54) is 0 Å². The van der Waals surface area contributed by atoms with Gasteiger partial charge in [0.15, 0.2) is 0 Å². The Kier molecular flexibility index (Phi) is 6.31. The number of carbonyl (C=O) groups is 2. The zero-order valence-electron chi connectivity index (χ0n) is 17.4. The Hall–Kier alpha value is -3.47. The second-order valence-corrected chi connectivity index (χ2v) is 8.23. The SMILES string of the molecule is CC(C)(C)OC(=O)N1CCCC(C(=O)Nc2ccnc(-c3cc(C#N)ccn3)c2)C1. The molecule has 8 nitrogen and oxygen atoms in total. The Morgan fingerprint density at radius 1 is 1.20 bits per heavy atom. The van der Waals surface area contributed by atoms with E-state index in [2.05, 4.69) is 21.4 Å². The van der Waals surface area contributed by atoms with Gasteiger partial charge in [0.25, 0.3) is 0 Å². The number of likely N-dealkylation sites (tertiary alicyclic amines) is 1. The van der Waals surface area contributed by atoms with Crippen LogP contribution in [0.2, 0.25) is 0 Å². The first kappa shape index (κ1) is 21.2. The number of carbonyl (C=O) groups excluding carboxylic acids is 2. The Morgan fingerprint density at radius 3 is 2.60 bits per heavy atom. The molecular formula is C22H25N5O3. The van der Waals surface area contributed by atoms with Crippen molar-refractivity contribution in [3.63, 3.8) is 0 Å². The first-order valence-electron chi connectivity index (χ1n) is 9.86. The van der Waals surface area contributed by atoms with Gasteiger partial charge in [-0.05, 0) is 57.9 Å². The average Bonchev–Trinajstić information content (AvgIpc) is 2.73. The van der Waals surface area contributed by atoms with Gasteiger partial charge in [0.2, 0.25) is 5.91 Å². The van der Waals surface area contributed by atoms with Crippen molar-refractivity contribution in [2.45, 2.75) is 39.2 Å². The van der Waals surface area contributed by atoms with Crippen molar-refractivity contribution >= 4 is 17.7 Å². The van der Waals surface area contributed by atoms with Crippen molar-refractivity contribution in [3.05, 3.63) is 42.2 Å². The highest BCUT2D eigenvalue weighted by molar-refractivity contribution is 5.93. The fraction of sp³-hybridized carbons (Fsp3) is 0.409. The van der Waals surface area contributed by atoms with Crippen molar-refractivity contribution < 1.29 is 14.3 Å². The van der Waals surface area contributed by atoms with Crippen LogP contribution in [0.3, 0.4) is 0 Å². The number of hydrogen-bond donors (Lipinski definition) is 1. The van der Waals surface area contributed by atoms with Gasteiger partial charge < -0.3 is 15.0 Å². The Morgan fingerprint density at radius 2 is 1.90 bits per heavy atom. The molecule has 30 heavy (non-hydrogen) atoms. The first-order valence-corrected chi connectivity index (χ1v) is 9.86. The maximum Gasteiger partial charge on any atom is 0.410 e. The van der Waals surface area contributed by atoms with Crippen LogP contribution in [0, 0.1) is 17.2 Å². The van der Waals surface area contributed by atoms with Gasteiger partial charge in [0.05, 0.1) is 28.9 Å². The molecule has 0 bridgehead atoms. The van der Waals surface area contributed by atoms with Gasteiger partial charge >= 0.3 is 6.09 Å². The van der Waals surface area contributed by atoms with E-state index < -0.39 is 11.7 Å². The lowest BCUT2D eigenvalue weighted by Gasteiger charge is -2.33. The molecule has 0 radical (unpaired) electrons. The predicted octanol–water partition coefficient (Wildman–Crippen LogP) is 3.60. The van der Waals surface area contributed by atoms with Crippen LogP contribution >= 0.6 is 0 Å². The molecule has 1 atom stereocenters. The third-order valence-electron chi connectivity index (χ3n) is 4.62. The number of ether oxygens (including phenoxy) is 1. The molecule has 2 aromatic rings. The third-order valence-corrected chi connectivity index (χ3v) is 4.62. The van der Waals surface area contributed by atoms with Crippen LogP contribution in [0.5, 0.6) is 0 Å². The zero-order chi connectivity index (χ0) is 21.7. The first-order chi connectivity index (χ1) is 14.2. The number of piperidine rings is 1. The highest BCUT2D eigenvalue weighted by atomic mass is 16.6. The van der Waals surface area contributed by atoms with Crippen LogP contribution in [0.4, 0.5) is 10.5 Å². The molecule has 1 saturated heterocycles. The summed E-state index contributed by atoms with van der Waals surface area (Å²) in [6.07, 6.45) is 4.18. The summed E-state index contributed by atoms with van der Waals surface area (Å²) in [7, 11) is 0. The maximum atomic E-state index is 12.8. The fourth-order valence-electron chi connectivity index (χ4n) is 3.22. The number of nitrogens with one attached hydrogen (secondary N) is 1. The lowest BCUT2D eigenvalue weighted by Crippen LogP contribution is -2.45. The van der Waals surface area contributed by atoms with Crippen LogP contribution in [0.25, 0.3) is 11.4 Å². The third kappa shape index (κ3) is 5.54. The van der Waals surface area contributed by atoms with Gasteiger partial charge in [-0.3, -0.25) is 14.8 Å². The molecule has 0 spiro atoms. The molecule has 3 heterocycles. The maximum absolute atomic E-state index is 12.8. The minimum Gasteiger partial charge on any atom is -0.444 e. The summed E-state index contributed by atoms with van der Waals surface area (Å²) in [5.41, 5.74) is 1.61. The van der Waals surface area contributed by atoms with Crippen molar-refractivity contribution in [2.75, 3.05) is 18.4 Å². The Labute approximate surface area is 175 Å². The monoisotopic (exact) mass is 407 g/mol. The van der Waals surface area contributed by atoms with Crippen LogP contribution in [0.15, 0.2) is 36.7 Å². The number of rotatable bonds is 3. The van der Waals surface area contributed by atoms with Crippen molar-refractivity contribution in [2.24, 2.45) is 5.92 Å². The summed E-state index contributed by atoms with van der Waals surface area (Å²) in [4.78, 5) is 35.2. The number of aromatic nitrogens is 2. The van der Waals surface area contributed by atoms with Crippen molar-refractivity contribution in [1.82, 2.24) is 14.9 Å². The number of nitriles is 1. The molecular weight excluding hydrogens is 382 g/mol. The minimum absolute atomic E-state index is 0.154. The largest absolute Gasteiger partial charge is 0.444 e. The minimum atomic E-state index is -0.573. The van der Waals surface area contributed by atoms with E-state index in [-0.39, 0.29) is 11.8 Å². The normalized spacial score (nSPS) is 16.5. The summed E-state index contributed by atoms with van der Waals surface area (Å²) in [5, 5.41) is 12.0. The van der Waals surface area contributed by atoms with Crippen LogP contribution in [0.1, 0.15) is 39.2 Å². The van der Waals surface area contributed by atoms with Crippen molar-refractivity contribution in [3.8, 4) is 17.5 Å². The molecule has 1 aliphatic rings. The summed E-state index contributed by atoms with van der Waals surface area (Å²) >= 11 is 0. The van der Waals surface area contributed by atoms with Gasteiger partial charge in [-0.25, -0.2) is 4.79 Å². The van der Waals surface area contributed by atoms with E-state index in [4.69, 9.17) is 10.00 Å². The summed E-state index contributed by atoms with van der Waals surface area (Å²) in [6.45, 7) is 6.37. The summed E-state index contributed by atoms with van der Waals surface area (Å²) < 4.78 is 5.42. The van der Waals surface area contributed by atoms with Crippen molar-refractivity contribution in [1.29, 1.82) is 5.26 Å². The Bertz CT molecular complexity index is 977. The van der Waals surface area contributed by atoms with Gasteiger partial charge in [-0.1, -0.05) is 0 Å². The zero-order valence-corrected chi connectivity index (χ0v) is 17.4. The molecule has 1 unspecified atom stereocenters. The molecule has 3 rings (SSSR count). The molecule has 2 amide bonds. The second-order valence-electron chi connectivity index (χ2n) is 8.23. The number of anilines is 1. The van der Waals surface area contributed by atoms with E-state index in [9.17, 15) is 9.59 Å². The molecule has 8 heteroatoms. The van der Waals surface area contributed by atoms with E-state index in [1.54, 1.807) is 41.6 Å². The molecule has 1 N–H and O–H groups in total. The smallest absolute Gasteiger partial charge is 0.410 e. The Balaban J connectivity index is 1.67. The standard InChI is InChI=1S/C22H25N5O3/c1-22(2,3)30-21(29)27-10-4-5-16(14-27)20(28)26-17-7-9-25-19(12-17)18-11-15(13-23)6-8-24-18/h6-9,11-12,16H,4-5,10,14H2,1-3H3,(H,25,26,28). The fourth-order valence-corrected chi connectivity index (χ4v) is 3.22. The second kappa shape index (κ2) is 8.91. The molecule has 0 aromatic carbocycles. The van der Waals surface area contributed by atoms with Crippen LogP contribution in [-0.4, -0.2) is 45.6 Å². The molecule has 1 fully saturated rings. The quantitative estimate of drug-likeness (QED) is 0.833. The van der Waals surface area contributed by atoms with Gasteiger partial charge in [-0.2, -0.15) is 5.26 Å².